The maximum absolute atomic E-state index is 14.2. The van der Waals surface area contributed by atoms with E-state index < -0.39 is 26.6 Å². The van der Waals surface area contributed by atoms with Crippen LogP contribution in [0.2, 0.25) is 10.3 Å². The van der Waals surface area contributed by atoms with Crippen LogP contribution < -0.4 is 9.62 Å². The van der Waals surface area contributed by atoms with E-state index in [0.717, 1.165) is 12.1 Å². The number of nitrogens with zero attached hydrogens (tertiary/aromatic N) is 4. The third-order valence-electron chi connectivity index (χ3n) is 5.44. The number of morpholine rings is 1. The predicted molar refractivity (Wildman–Crippen MR) is 139 cm³/mol. The topological polar surface area (TPSA) is 97.3 Å². The smallest absolute Gasteiger partial charge is 0.264 e. The highest BCUT2D eigenvalue weighted by atomic mass is 35.5. The molecular weight excluding hydrogens is 567 g/mol. The Balaban J connectivity index is 1.59. The summed E-state index contributed by atoms with van der Waals surface area (Å²) < 4.78 is 61.3. The van der Waals surface area contributed by atoms with Crippen LogP contribution in [0.1, 0.15) is 0 Å². The highest BCUT2D eigenvalue weighted by Gasteiger charge is 2.26. The summed E-state index contributed by atoms with van der Waals surface area (Å²) in [7, 11) is -4.50. The number of thiazole rings is 1. The van der Waals surface area contributed by atoms with Crippen LogP contribution in [0.5, 0.6) is 0 Å². The first kappa shape index (κ1) is 25.7. The lowest BCUT2D eigenvalue weighted by atomic mass is 10.1. The van der Waals surface area contributed by atoms with Crippen LogP contribution in [-0.2, 0) is 14.8 Å². The second-order valence-electron chi connectivity index (χ2n) is 7.83. The van der Waals surface area contributed by atoms with Crippen LogP contribution in [0.15, 0.2) is 53.6 Å². The van der Waals surface area contributed by atoms with Crippen LogP contribution in [0.3, 0.4) is 0 Å². The molecule has 1 saturated heterocycles. The van der Waals surface area contributed by atoms with Crippen molar-refractivity contribution in [1.82, 2.24) is 15.0 Å². The molecule has 1 fully saturated rings. The molecule has 1 N–H and O–H groups in total. The van der Waals surface area contributed by atoms with E-state index in [1.165, 1.54) is 23.6 Å². The van der Waals surface area contributed by atoms with Crippen LogP contribution in [-0.4, -0.2) is 49.7 Å². The molecule has 0 atom stereocenters. The summed E-state index contributed by atoms with van der Waals surface area (Å²) >= 11 is 14.1. The van der Waals surface area contributed by atoms with Crippen LogP contribution in [0, 0.1) is 11.6 Å². The summed E-state index contributed by atoms with van der Waals surface area (Å²) in [6, 6.07) is 8.51. The molecule has 4 aromatic rings. The Hall–Kier alpha value is -2.90. The number of benzene rings is 2. The first-order valence-corrected chi connectivity index (χ1v) is 13.9. The molecule has 2 aromatic carbocycles. The average molecular weight is 584 g/mol. The second kappa shape index (κ2) is 10.5. The predicted octanol–water partition coefficient (Wildman–Crippen LogP) is 5.49. The van der Waals surface area contributed by atoms with Crippen LogP contribution >= 0.6 is 34.5 Å². The summed E-state index contributed by atoms with van der Waals surface area (Å²) in [4.78, 5) is 14.9. The fourth-order valence-corrected chi connectivity index (χ4v) is 6.42. The van der Waals surface area contributed by atoms with Crippen molar-refractivity contribution in [2.45, 2.75) is 4.90 Å². The number of anilines is 2. The zero-order valence-corrected chi connectivity index (χ0v) is 21.9. The van der Waals surface area contributed by atoms with Gasteiger partial charge in [-0.2, -0.15) is 0 Å². The van der Waals surface area contributed by atoms with Gasteiger partial charge >= 0.3 is 0 Å². The zero-order chi connectivity index (χ0) is 26.2. The van der Waals surface area contributed by atoms with E-state index in [2.05, 4.69) is 19.6 Å². The number of rotatable bonds is 6. The van der Waals surface area contributed by atoms with Gasteiger partial charge in [0.25, 0.3) is 10.0 Å². The number of sulfonamides is 1. The van der Waals surface area contributed by atoms with E-state index >= 15 is 0 Å². The van der Waals surface area contributed by atoms with Gasteiger partial charge < -0.3 is 9.64 Å². The Kier molecular flexibility index (Phi) is 7.28. The minimum absolute atomic E-state index is 0.0168. The summed E-state index contributed by atoms with van der Waals surface area (Å²) in [5, 5.41) is 0.768. The van der Waals surface area contributed by atoms with Gasteiger partial charge in [-0.25, -0.2) is 32.2 Å². The molecule has 0 aliphatic carbocycles. The number of ether oxygens (including phenoxy) is 1. The Labute approximate surface area is 224 Å². The second-order valence-corrected chi connectivity index (χ2v) is 11.2. The van der Waals surface area contributed by atoms with Gasteiger partial charge in [-0.05, 0) is 41.9 Å². The minimum Gasteiger partial charge on any atom is -0.378 e. The third-order valence-corrected chi connectivity index (χ3v) is 8.55. The maximum atomic E-state index is 14.2. The standard InChI is InChI=1S/C23H17Cl2F2N5O3S2/c24-19-14(2-1-3-16(19)31-37(33,34)18-12-13(26)4-5-15(18)27)20-21(17-6-7-28-22(25)29-17)36-23(30-20)32-8-10-35-11-9-32/h1-7,12,31H,8-11H2. The quantitative estimate of drug-likeness (QED) is 0.300. The lowest BCUT2D eigenvalue weighted by Gasteiger charge is -2.26. The van der Waals surface area contributed by atoms with E-state index in [0.29, 0.717) is 59.3 Å². The van der Waals surface area contributed by atoms with Gasteiger partial charge in [0.05, 0.1) is 40.2 Å². The van der Waals surface area contributed by atoms with Crippen molar-refractivity contribution < 1.29 is 21.9 Å². The number of hydrogen-bond donors (Lipinski definition) is 1. The zero-order valence-electron chi connectivity index (χ0n) is 18.8. The number of halogens is 4. The molecule has 14 heteroatoms. The highest BCUT2D eigenvalue weighted by molar-refractivity contribution is 7.92. The summed E-state index contributed by atoms with van der Waals surface area (Å²) in [5.74, 6) is -1.99. The van der Waals surface area contributed by atoms with Crippen molar-refractivity contribution in [3.63, 3.8) is 0 Å². The molecule has 0 unspecified atom stereocenters. The molecule has 2 aromatic heterocycles. The lowest BCUT2D eigenvalue weighted by molar-refractivity contribution is 0.122. The molecule has 1 aliphatic rings. The molecule has 192 valence electrons. The Morgan fingerprint density at radius 3 is 2.59 bits per heavy atom. The maximum Gasteiger partial charge on any atom is 0.264 e. The molecule has 0 bridgehead atoms. The van der Waals surface area contributed by atoms with Gasteiger partial charge in [0.1, 0.15) is 16.5 Å². The van der Waals surface area contributed by atoms with Crippen LogP contribution in [0.25, 0.3) is 21.8 Å². The van der Waals surface area contributed by atoms with Gasteiger partial charge in [0.15, 0.2) is 5.13 Å². The van der Waals surface area contributed by atoms with E-state index in [1.54, 1.807) is 18.2 Å². The number of hydrogen-bond acceptors (Lipinski definition) is 8. The van der Waals surface area contributed by atoms with Gasteiger partial charge in [-0.3, -0.25) is 4.72 Å². The van der Waals surface area contributed by atoms with E-state index in [4.69, 9.17) is 32.9 Å². The number of aromatic nitrogens is 3. The van der Waals surface area contributed by atoms with E-state index in [1.807, 2.05) is 0 Å². The van der Waals surface area contributed by atoms with Crippen molar-refractivity contribution in [2.75, 3.05) is 35.9 Å². The largest absolute Gasteiger partial charge is 0.378 e. The SMILES string of the molecule is O=S(=O)(Nc1cccc(-c2nc(N3CCOCC3)sc2-c2ccnc(Cl)n2)c1Cl)c1cc(F)ccc1F. The van der Waals surface area contributed by atoms with Gasteiger partial charge in [0.2, 0.25) is 5.28 Å². The molecule has 3 heterocycles. The molecule has 0 radical (unpaired) electrons. The van der Waals surface area contributed by atoms with Crippen molar-refractivity contribution >= 4 is 55.4 Å². The van der Waals surface area contributed by atoms with Crippen molar-refractivity contribution in [2.24, 2.45) is 0 Å². The molecule has 0 amide bonds. The van der Waals surface area contributed by atoms with Crippen molar-refractivity contribution in [3.8, 4) is 21.8 Å². The molecule has 0 saturated carbocycles. The highest BCUT2D eigenvalue weighted by Crippen LogP contribution is 2.44. The monoisotopic (exact) mass is 583 g/mol. The molecule has 1 aliphatic heterocycles. The third kappa shape index (κ3) is 5.39. The summed E-state index contributed by atoms with van der Waals surface area (Å²) in [6.45, 7) is 2.39. The van der Waals surface area contributed by atoms with Gasteiger partial charge in [0, 0.05) is 24.8 Å². The average Bonchev–Trinajstić information content (AvgIpc) is 3.32. The molecular formula is C23H17Cl2F2N5O3S2. The Morgan fingerprint density at radius 2 is 1.84 bits per heavy atom. The van der Waals surface area contributed by atoms with E-state index in [9.17, 15) is 17.2 Å². The first-order chi connectivity index (χ1) is 17.7. The normalized spacial score (nSPS) is 14.1. The van der Waals surface area contributed by atoms with Crippen LogP contribution in [0.4, 0.5) is 19.6 Å². The number of nitrogens with one attached hydrogen (secondary N) is 1. The molecule has 5 rings (SSSR count). The van der Waals surface area contributed by atoms with E-state index in [-0.39, 0.29) is 16.0 Å². The molecule has 8 nitrogen and oxygen atoms in total. The first-order valence-electron chi connectivity index (χ1n) is 10.8. The summed E-state index contributed by atoms with van der Waals surface area (Å²) in [6.07, 6.45) is 1.52. The molecule has 0 spiro atoms. The molecule has 37 heavy (non-hydrogen) atoms. The summed E-state index contributed by atoms with van der Waals surface area (Å²) in [5.41, 5.74) is 1.33. The minimum atomic E-state index is -4.50. The fourth-order valence-electron chi connectivity index (χ4n) is 3.69. The fraction of sp³-hybridized carbons (Fsp3) is 0.174. The van der Waals surface area contributed by atoms with Gasteiger partial charge in [-0.1, -0.05) is 35.1 Å². The Morgan fingerprint density at radius 1 is 1.05 bits per heavy atom. The lowest BCUT2D eigenvalue weighted by Crippen LogP contribution is -2.36. The van der Waals surface area contributed by atoms with Crippen molar-refractivity contribution in [3.05, 3.63) is 70.6 Å². The Bertz CT molecular complexity index is 1580. The van der Waals surface area contributed by atoms with Crippen molar-refractivity contribution in [1.29, 1.82) is 0 Å². The van der Waals surface area contributed by atoms with Gasteiger partial charge in [-0.15, -0.1) is 0 Å².